The van der Waals surface area contributed by atoms with Gasteiger partial charge in [-0.05, 0) is 20.9 Å². The third kappa shape index (κ3) is 4.51. The highest BCUT2D eigenvalue weighted by atomic mass is 16.5. The Morgan fingerprint density at radius 1 is 1.69 bits per heavy atom. The Morgan fingerprint density at radius 2 is 2.31 bits per heavy atom. The van der Waals surface area contributed by atoms with E-state index in [1.165, 1.54) is 0 Å². The second-order valence-electron chi connectivity index (χ2n) is 2.81. The van der Waals surface area contributed by atoms with Crippen molar-refractivity contribution in [2.45, 2.75) is 26.3 Å². The average Bonchev–Trinajstić information content (AvgIpc) is 2.15. The van der Waals surface area contributed by atoms with Crippen LogP contribution in [0.15, 0.2) is 0 Å². The van der Waals surface area contributed by atoms with Crippen molar-refractivity contribution in [2.24, 2.45) is 0 Å². The fraction of sp³-hybridized carbons (Fsp3) is 0.667. The van der Waals surface area contributed by atoms with Crippen LogP contribution in [0.25, 0.3) is 0 Å². The molecule has 0 aromatic rings. The molecule has 74 valence electrons. The topological polar surface area (TPSA) is 52.6 Å². The average molecular weight is 184 g/mol. The summed E-state index contributed by atoms with van der Waals surface area (Å²) in [5, 5.41) is 8.37. The lowest BCUT2D eigenvalue weighted by molar-refractivity contribution is -0.133. The summed E-state index contributed by atoms with van der Waals surface area (Å²) in [6.45, 7) is 4.23. The van der Waals surface area contributed by atoms with Crippen molar-refractivity contribution in [1.29, 1.82) is 0 Å². The monoisotopic (exact) mass is 184 g/mol. The van der Waals surface area contributed by atoms with E-state index in [0.29, 0.717) is 0 Å². The highest BCUT2D eigenvalue weighted by Gasteiger charge is 2.15. The molecule has 1 unspecified atom stereocenters. The molecular formula is C9H16N2O2. The SMILES string of the molecule is CC#CCCN(C)C(C)C(=O)NO. The molecule has 0 saturated heterocycles. The van der Waals surface area contributed by atoms with Crippen LogP contribution in [0.3, 0.4) is 0 Å². The largest absolute Gasteiger partial charge is 0.294 e. The normalized spacial score (nSPS) is 11.8. The smallest absolute Gasteiger partial charge is 0.260 e. The fourth-order valence-electron chi connectivity index (χ4n) is 0.844. The molecule has 0 rings (SSSR count). The molecule has 0 aromatic heterocycles. The number of rotatable bonds is 4. The molecule has 0 aromatic carbocycles. The van der Waals surface area contributed by atoms with Gasteiger partial charge in [0.1, 0.15) is 0 Å². The summed E-state index contributed by atoms with van der Waals surface area (Å²) in [5.74, 6) is 5.29. The molecule has 0 aliphatic heterocycles. The van der Waals surface area contributed by atoms with E-state index in [-0.39, 0.29) is 6.04 Å². The minimum atomic E-state index is -0.396. The second kappa shape index (κ2) is 6.46. The number of amides is 1. The van der Waals surface area contributed by atoms with Crippen LogP contribution in [0.1, 0.15) is 20.3 Å². The molecule has 0 aliphatic rings. The van der Waals surface area contributed by atoms with Gasteiger partial charge in [-0.15, -0.1) is 11.8 Å². The summed E-state index contributed by atoms with van der Waals surface area (Å²) in [4.78, 5) is 12.8. The third-order valence-corrected chi connectivity index (χ3v) is 1.92. The molecule has 0 fully saturated rings. The van der Waals surface area contributed by atoms with E-state index in [0.717, 1.165) is 13.0 Å². The highest BCUT2D eigenvalue weighted by Crippen LogP contribution is 1.96. The van der Waals surface area contributed by atoms with Crippen LogP contribution in [-0.2, 0) is 4.79 Å². The van der Waals surface area contributed by atoms with Gasteiger partial charge >= 0.3 is 0 Å². The van der Waals surface area contributed by atoms with E-state index in [1.807, 2.05) is 11.9 Å². The molecular weight excluding hydrogens is 168 g/mol. The molecule has 1 amide bonds. The first-order valence-electron chi connectivity index (χ1n) is 4.17. The van der Waals surface area contributed by atoms with Crippen molar-refractivity contribution in [3.63, 3.8) is 0 Å². The number of hydroxylamine groups is 1. The van der Waals surface area contributed by atoms with Crippen LogP contribution in [-0.4, -0.2) is 35.6 Å². The Balaban J connectivity index is 3.86. The van der Waals surface area contributed by atoms with E-state index in [4.69, 9.17) is 5.21 Å². The first kappa shape index (κ1) is 11.9. The summed E-state index contributed by atoms with van der Waals surface area (Å²) < 4.78 is 0. The summed E-state index contributed by atoms with van der Waals surface area (Å²) in [6.07, 6.45) is 0.732. The lowest BCUT2D eigenvalue weighted by Gasteiger charge is -2.21. The third-order valence-electron chi connectivity index (χ3n) is 1.92. The molecule has 1 atom stereocenters. The molecule has 0 aliphatic carbocycles. The van der Waals surface area contributed by atoms with Crippen LogP contribution in [0.5, 0.6) is 0 Å². The lowest BCUT2D eigenvalue weighted by atomic mass is 10.2. The van der Waals surface area contributed by atoms with E-state index < -0.39 is 5.91 Å². The van der Waals surface area contributed by atoms with Gasteiger partial charge in [-0.2, -0.15) is 0 Å². The maximum absolute atomic E-state index is 10.9. The predicted octanol–water partition coefficient (Wildman–Crippen LogP) is 0.225. The van der Waals surface area contributed by atoms with Gasteiger partial charge in [0.25, 0.3) is 5.91 Å². The van der Waals surface area contributed by atoms with Gasteiger partial charge in [-0.3, -0.25) is 14.9 Å². The molecule has 0 bridgehead atoms. The van der Waals surface area contributed by atoms with E-state index in [9.17, 15) is 4.79 Å². The van der Waals surface area contributed by atoms with Gasteiger partial charge in [-0.25, -0.2) is 5.48 Å². The van der Waals surface area contributed by atoms with Gasteiger partial charge in [0, 0.05) is 13.0 Å². The van der Waals surface area contributed by atoms with Crippen molar-refractivity contribution in [2.75, 3.05) is 13.6 Å². The maximum atomic E-state index is 10.9. The number of carbonyl (C=O) groups is 1. The molecule has 2 N–H and O–H groups in total. The van der Waals surface area contributed by atoms with Gasteiger partial charge in [0.05, 0.1) is 6.04 Å². The van der Waals surface area contributed by atoms with Crippen molar-refractivity contribution < 1.29 is 10.0 Å². The zero-order valence-corrected chi connectivity index (χ0v) is 8.29. The Morgan fingerprint density at radius 3 is 2.77 bits per heavy atom. The van der Waals surface area contributed by atoms with Crippen molar-refractivity contribution in [1.82, 2.24) is 10.4 Å². The number of carbonyl (C=O) groups excluding carboxylic acids is 1. The van der Waals surface area contributed by atoms with Gasteiger partial charge in [0.2, 0.25) is 0 Å². The van der Waals surface area contributed by atoms with Crippen molar-refractivity contribution >= 4 is 5.91 Å². The first-order chi connectivity index (χ1) is 6.13. The molecule has 4 nitrogen and oxygen atoms in total. The molecule has 13 heavy (non-hydrogen) atoms. The van der Waals surface area contributed by atoms with E-state index >= 15 is 0 Å². The van der Waals surface area contributed by atoms with E-state index in [2.05, 4.69) is 11.8 Å². The van der Waals surface area contributed by atoms with Crippen molar-refractivity contribution in [3.05, 3.63) is 0 Å². The summed E-state index contributed by atoms with van der Waals surface area (Å²) in [6, 6.07) is -0.330. The Hall–Kier alpha value is -1.05. The minimum absolute atomic E-state index is 0.330. The highest BCUT2D eigenvalue weighted by molar-refractivity contribution is 5.80. The number of nitrogens with one attached hydrogen (secondary N) is 1. The van der Waals surface area contributed by atoms with Gasteiger partial charge in [-0.1, -0.05) is 0 Å². The molecule has 4 heteroatoms. The standard InChI is InChI=1S/C9H16N2O2/c1-4-5-6-7-11(3)8(2)9(12)10-13/h8,13H,6-7H2,1-3H3,(H,10,12). The Bertz CT molecular complexity index is 217. The van der Waals surface area contributed by atoms with Crippen LogP contribution in [0, 0.1) is 11.8 Å². The van der Waals surface area contributed by atoms with E-state index in [1.54, 1.807) is 19.3 Å². The van der Waals surface area contributed by atoms with Crippen LogP contribution < -0.4 is 5.48 Å². The number of nitrogens with zero attached hydrogens (tertiary/aromatic N) is 1. The van der Waals surface area contributed by atoms with Crippen LogP contribution in [0.2, 0.25) is 0 Å². The van der Waals surface area contributed by atoms with Crippen molar-refractivity contribution in [3.8, 4) is 11.8 Å². The number of likely N-dealkylation sites (N-methyl/N-ethyl adjacent to an activating group) is 1. The Labute approximate surface area is 78.9 Å². The fourth-order valence-corrected chi connectivity index (χ4v) is 0.844. The van der Waals surface area contributed by atoms with Gasteiger partial charge < -0.3 is 0 Å². The zero-order chi connectivity index (χ0) is 10.3. The zero-order valence-electron chi connectivity index (χ0n) is 8.29. The molecule has 0 spiro atoms. The molecule has 0 radical (unpaired) electrons. The number of hydrogen-bond acceptors (Lipinski definition) is 3. The second-order valence-corrected chi connectivity index (χ2v) is 2.81. The quantitative estimate of drug-likeness (QED) is 0.373. The first-order valence-corrected chi connectivity index (χ1v) is 4.17. The summed E-state index contributed by atoms with van der Waals surface area (Å²) in [5.41, 5.74) is 1.62. The summed E-state index contributed by atoms with van der Waals surface area (Å²) in [7, 11) is 1.82. The minimum Gasteiger partial charge on any atom is -0.294 e. The molecule has 0 saturated carbocycles. The summed E-state index contributed by atoms with van der Waals surface area (Å²) >= 11 is 0. The van der Waals surface area contributed by atoms with Gasteiger partial charge in [0.15, 0.2) is 0 Å². The maximum Gasteiger partial charge on any atom is 0.260 e. The Kier molecular flexibility index (Phi) is 5.94. The van der Waals surface area contributed by atoms with Crippen LogP contribution in [0.4, 0.5) is 0 Å². The number of hydrogen-bond donors (Lipinski definition) is 2. The molecule has 0 heterocycles. The van der Waals surface area contributed by atoms with Crippen LogP contribution >= 0.6 is 0 Å². The lowest BCUT2D eigenvalue weighted by Crippen LogP contribution is -2.42. The predicted molar refractivity (Wildman–Crippen MR) is 50.1 cm³/mol.